The van der Waals surface area contributed by atoms with E-state index in [1.54, 1.807) is 28.9 Å². The van der Waals surface area contributed by atoms with Crippen LogP contribution in [0.4, 0.5) is 0 Å². The van der Waals surface area contributed by atoms with Crippen molar-refractivity contribution in [2.24, 2.45) is 11.8 Å². The summed E-state index contributed by atoms with van der Waals surface area (Å²) < 4.78 is 13.0. The number of rotatable bonds is 19. The van der Waals surface area contributed by atoms with Gasteiger partial charge in [0.05, 0.1) is 24.0 Å². The van der Waals surface area contributed by atoms with Gasteiger partial charge in [-0.25, -0.2) is 0 Å². The molecule has 2 N–H and O–H groups in total. The molecule has 9 atom stereocenters. The van der Waals surface area contributed by atoms with Gasteiger partial charge < -0.3 is 29.7 Å². The lowest BCUT2D eigenvalue weighted by atomic mass is 9.70. The zero-order chi connectivity index (χ0) is 35.0. The molecule has 2 unspecified atom stereocenters. The van der Waals surface area contributed by atoms with Gasteiger partial charge in [-0.3, -0.25) is 19.2 Å². The van der Waals surface area contributed by atoms with Gasteiger partial charge in [0.15, 0.2) is 0 Å². The van der Waals surface area contributed by atoms with Crippen molar-refractivity contribution in [3.8, 4) is 0 Å². The third-order valence-electron chi connectivity index (χ3n) is 9.99. The maximum atomic E-state index is 14.6. The predicted octanol–water partition coefficient (Wildman–Crippen LogP) is 4.86. The Balaban J connectivity index is 1.69. The van der Waals surface area contributed by atoms with Gasteiger partial charge in [-0.05, 0) is 57.9 Å². The second-order valence-corrected chi connectivity index (χ2v) is 14.5. The van der Waals surface area contributed by atoms with Crippen molar-refractivity contribution in [3.63, 3.8) is 0 Å². The summed E-state index contributed by atoms with van der Waals surface area (Å²) in [4.78, 5) is 59.3. The van der Waals surface area contributed by atoms with Crippen LogP contribution in [0.5, 0.6) is 0 Å². The number of allylic oxidation sites excluding steroid dienone is 1. The van der Waals surface area contributed by atoms with E-state index in [2.05, 4.69) is 41.3 Å². The number of nitrogens with zero attached hydrogens (tertiary/aromatic N) is 2. The van der Waals surface area contributed by atoms with Crippen LogP contribution in [0.1, 0.15) is 83.8 Å². The summed E-state index contributed by atoms with van der Waals surface area (Å²) in [5.41, 5.74) is -0.510. The van der Waals surface area contributed by atoms with E-state index in [0.29, 0.717) is 50.8 Å². The minimum Gasteiger partial charge on any atom is -0.455 e. The Kier molecular flexibility index (Phi) is 13.4. The Hall–Kier alpha value is -3.02. The monoisotopic (exact) mass is 729 g/mol. The summed E-state index contributed by atoms with van der Waals surface area (Å²) in [6.45, 7) is 14.1. The first-order chi connectivity index (χ1) is 23.1. The molecule has 3 aliphatic rings. The number of amides is 3. The average Bonchev–Trinajstić information content (AvgIpc) is 3.66. The molecule has 11 heteroatoms. The van der Waals surface area contributed by atoms with Crippen molar-refractivity contribution in [1.29, 1.82) is 0 Å². The fourth-order valence-electron chi connectivity index (χ4n) is 7.79. The first-order valence-corrected chi connectivity index (χ1v) is 18.3. The SMILES string of the molecule is C=CCCC(=O)N[C@H](C)[C@@H](OC(=O)[C@@H]1[C@H]2O[C@@]3(CC2Br)[C@H](C(=O)N(CC=C)C(C)CCC)N(CCCCCO)C(=O)[C@@H]13)c1ccccc1. The molecule has 2 bridgehead atoms. The molecular formula is C37H52BrN3O7. The van der Waals surface area contributed by atoms with E-state index in [-0.39, 0.29) is 41.6 Å². The third-order valence-corrected chi connectivity index (χ3v) is 10.8. The highest BCUT2D eigenvalue weighted by molar-refractivity contribution is 9.09. The van der Waals surface area contributed by atoms with Gasteiger partial charge in [-0.2, -0.15) is 0 Å². The molecule has 4 rings (SSSR count). The van der Waals surface area contributed by atoms with Gasteiger partial charge in [0, 0.05) is 37.0 Å². The number of hydrogen-bond acceptors (Lipinski definition) is 7. The fourth-order valence-corrected chi connectivity index (χ4v) is 8.73. The molecule has 0 aromatic heterocycles. The minimum atomic E-state index is -1.22. The molecular weight excluding hydrogens is 678 g/mol. The van der Waals surface area contributed by atoms with Gasteiger partial charge in [0.2, 0.25) is 17.7 Å². The van der Waals surface area contributed by atoms with E-state index in [1.165, 1.54) is 0 Å². The van der Waals surface area contributed by atoms with E-state index >= 15 is 0 Å². The topological polar surface area (TPSA) is 125 Å². The second kappa shape index (κ2) is 17.1. The Morgan fingerprint density at radius 2 is 1.92 bits per heavy atom. The van der Waals surface area contributed by atoms with Crippen molar-refractivity contribution in [1.82, 2.24) is 15.1 Å². The lowest BCUT2D eigenvalue weighted by Gasteiger charge is -2.39. The van der Waals surface area contributed by atoms with Crippen LogP contribution in [-0.2, 0) is 28.7 Å². The summed E-state index contributed by atoms with van der Waals surface area (Å²) in [5, 5.41) is 12.3. The van der Waals surface area contributed by atoms with Crippen LogP contribution in [0.15, 0.2) is 55.6 Å². The van der Waals surface area contributed by atoms with E-state index in [1.807, 2.05) is 37.3 Å². The van der Waals surface area contributed by atoms with Crippen LogP contribution in [0.2, 0.25) is 0 Å². The molecule has 0 radical (unpaired) electrons. The number of likely N-dealkylation sites (tertiary alicyclic amines) is 1. The van der Waals surface area contributed by atoms with Crippen molar-refractivity contribution in [2.45, 2.75) is 113 Å². The number of ether oxygens (including phenoxy) is 2. The second-order valence-electron chi connectivity index (χ2n) is 13.3. The standard InChI is InChI=1S/C37H52BrN3O7/c1-6-9-19-28(43)39-25(5)31(26-17-12-10-13-18-26)47-36(46)29-30-34(44)41(21-14-11-15-22-42)33(37(30)23-27(38)32(29)48-37)35(45)40(20-8-3)24(4)16-7-2/h6,8,10,12-13,17-18,24-25,27,29-33,42H,1,3,7,9,11,14-16,19-23H2,2,4-5H3,(H,39,43)/t24?,25-,27?,29+,30-,31-,32+,33+,37-/m1/s1. The number of alkyl halides is 1. The summed E-state index contributed by atoms with van der Waals surface area (Å²) in [6.07, 6.45) is 6.59. The van der Waals surface area contributed by atoms with E-state index in [4.69, 9.17) is 9.47 Å². The normalized spacial score (nSPS) is 27.6. The van der Waals surface area contributed by atoms with E-state index in [9.17, 15) is 24.3 Å². The molecule has 1 aromatic rings. The molecule has 3 saturated heterocycles. The van der Waals surface area contributed by atoms with Gasteiger partial charge in [-0.1, -0.05) is 71.8 Å². The maximum absolute atomic E-state index is 14.6. The molecule has 3 heterocycles. The molecule has 48 heavy (non-hydrogen) atoms. The maximum Gasteiger partial charge on any atom is 0.313 e. The number of fused-ring (bicyclic) bond motifs is 1. The van der Waals surface area contributed by atoms with E-state index < -0.39 is 47.7 Å². The summed E-state index contributed by atoms with van der Waals surface area (Å²) in [5.74, 6) is -3.14. The number of halogens is 1. The zero-order valence-corrected chi connectivity index (χ0v) is 30.1. The highest BCUT2D eigenvalue weighted by Gasteiger charge is 2.77. The number of aliphatic hydroxyl groups excluding tert-OH is 1. The number of hydrogen-bond donors (Lipinski definition) is 2. The predicted molar refractivity (Wildman–Crippen MR) is 187 cm³/mol. The minimum absolute atomic E-state index is 0.0458. The molecule has 0 saturated carbocycles. The van der Waals surface area contributed by atoms with Crippen LogP contribution in [-0.4, -0.2) is 93.0 Å². The number of unbranched alkanes of at least 4 members (excludes halogenated alkanes) is 2. The van der Waals surface area contributed by atoms with Crippen LogP contribution in [0, 0.1) is 11.8 Å². The summed E-state index contributed by atoms with van der Waals surface area (Å²) >= 11 is 3.75. The number of carbonyl (C=O) groups is 4. The lowest BCUT2D eigenvalue weighted by Crippen LogP contribution is -2.58. The first kappa shape index (κ1) is 37.8. The first-order valence-electron chi connectivity index (χ1n) is 17.4. The van der Waals surface area contributed by atoms with Gasteiger partial charge in [-0.15, -0.1) is 13.2 Å². The Bertz CT molecular complexity index is 1310. The van der Waals surface area contributed by atoms with Crippen LogP contribution in [0.3, 0.4) is 0 Å². The lowest BCUT2D eigenvalue weighted by molar-refractivity contribution is -0.162. The van der Waals surface area contributed by atoms with Gasteiger partial charge in [0.1, 0.15) is 17.7 Å². The van der Waals surface area contributed by atoms with E-state index in [0.717, 1.165) is 12.8 Å². The largest absolute Gasteiger partial charge is 0.455 e. The summed E-state index contributed by atoms with van der Waals surface area (Å²) in [6, 6.07) is 7.65. The fraction of sp³-hybridized carbons (Fsp3) is 0.622. The van der Waals surface area contributed by atoms with Crippen molar-refractivity contribution in [3.05, 3.63) is 61.2 Å². The Morgan fingerprint density at radius 3 is 2.56 bits per heavy atom. The number of nitrogens with one attached hydrogen (secondary N) is 1. The summed E-state index contributed by atoms with van der Waals surface area (Å²) in [7, 11) is 0. The Labute approximate surface area is 293 Å². The average molecular weight is 731 g/mol. The Morgan fingerprint density at radius 1 is 1.19 bits per heavy atom. The molecule has 1 spiro atoms. The quantitative estimate of drug-likeness (QED) is 0.0903. The number of carbonyl (C=O) groups excluding carboxylic acids is 4. The third kappa shape index (κ3) is 7.73. The molecule has 10 nitrogen and oxygen atoms in total. The number of aliphatic hydroxyl groups is 1. The van der Waals surface area contributed by atoms with Crippen molar-refractivity contribution >= 4 is 39.6 Å². The van der Waals surface area contributed by atoms with Crippen LogP contribution < -0.4 is 5.32 Å². The number of benzene rings is 1. The molecule has 3 fully saturated rings. The van der Waals surface area contributed by atoms with Gasteiger partial charge >= 0.3 is 5.97 Å². The van der Waals surface area contributed by atoms with Crippen molar-refractivity contribution < 1.29 is 33.8 Å². The molecule has 3 amide bonds. The van der Waals surface area contributed by atoms with Crippen LogP contribution in [0.25, 0.3) is 0 Å². The van der Waals surface area contributed by atoms with Gasteiger partial charge in [0.25, 0.3) is 0 Å². The molecule has 1 aromatic carbocycles. The molecule has 3 aliphatic heterocycles. The highest BCUT2D eigenvalue weighted by Crippen LogP contribution is 2.60. The van der Waals surface area contributed by atoms with Crippen LogP contribution >= 0.6 is 15.9 Å². The molecule has 264 valence electrons. The highest BCUT2D eigenvalue weighted by atomic mass is 79.9. The number of esters is 1. The molecule has 0 aliphatic carbocycles. The van der Waals surface area contributed by atoms with Crippen molar-refractivity contribution in [2.75, 3.05) is 19.7 Å². The zero-order valence-electron chi connectivity index (χ0n) is 28.5. The smallest absolute Gasteiger partial charge is 0.313 e.